The van der Waals surface area contributed by atoms with Gasteiger partial charge >= 0.3 is 6.18 Å². The molecule has 146 valence electrons. The predicted molar refractivity (Wildman–Crippen MR) is 93.7 cm³/mol. The number of halogens is 3. The fourth-order valence-corrected chi connectivity index (χ4v) is 3.13. The topological polar surface area (TPSA) is 71.3 Å². The molecule has 1 aliphatic rings. The van der Waals surface area contributed by atoms with E-state index in [2.05, 4.69) is 5.32 Å². The molecule has 2 aromatic rings. The van der Waals surface area contributed by atoms with Crippen LogP contribution in [0.1, 0.15) is 16.7 Å². The third kappa shape index (κ3) is 4.03. The molecular weight excluding hydrogens is 373 g/mol. The van der Waals surface area contributed by atoms with Crippen LogP contribution in [0, 0.1) is 17.2 Å². The van der Waals surface area contributed by atoms with Crippen molar-refractivity contribution in [3.8, 4) is 17.6 Å². The molecule has 0 aliphatic carbocycles. The number of rotatable bonds is 4. The third-order valence-corrected chi connectivity index (χ3v) is 4.54. The van der Waals surface area contributed by atoms with Crippen molar-refractivity contribution in [2.75, 3.05) is 7.11 Å². The second kappa shape index (κ2) is 7.80. The van der Waals surface area contributed by atoms with Crippen LogP contribution in [0.2, 0.25) is 0 Å². The maximum atomic E-state index is 13.4. The number of carbonyl (C=O) groups is 1. The number of nitrogens with one attached hydrogen (secondary N) is 1. The number of methoxy groups -OCH3 is 1. The molecular formula is C20H17F3N2O3. The highest BCUT2D eigenvalue weighted by atomic mass is 19.4. The Balaban J connectivity index is 1.76. The van der Waals surface area contributed by atoms with Crippen molar-refractivity contribution in [3.63, 3.8) is 0 Å². The molecule has 8 heteroatoms. The number of benzene rings is 2. The van der Waals surface area contributed by atoms with E-state index < -0.39 is 24.1 Å². The van der Waals surface area contributed by atoms with Crippen LogP contribution in [0.15, 0.2) is 42.5 Å². The number of nitriles is 1. The Kier molecular flexibility index (Phi) is 5.45. The van der Waals surface area contributed by atoms with Gasteiger partial charge in [0.15, 0.2) is 0 Å². The molecule has 2 atom stereocenters. The minimum atomic E-state index is -4.67. The summed E-state index contributed by atoms with van der Waals surface area (Å²) in [5, 5.41) is 11.5. The Bertz CT molecular complexity index is 922. The first-order chi connectivity index (χ1) is 13.3. The van der Waals surface area contributed by atoms with Gasteiger partial charge in [-0.05, 0) is 35.7 Å². The first-order valence-corrected chi connectivity index (χ1v) is 8.49. The standard InChI is InChI=1S/C20H17F3N2O3/c1-27-17-8-12(6-7-14(17)10-24)11-25-19(26)15-9-13-4-2-3-5-16(13)28-18(15)20(21,22)23/h2-8,15,18H,9,11H2,1H3,(H,25,26)/t15-,18-/m1/s1. The summed E-state index contributed by atoms with van der Waals surface area (Å²) in [5.74, 6) is -1.67. The fraction of sp³-hybridized carbons (Fsp3) is 0.300. The lowest BCUT2D eigenvalue weighted by Crippen LogP contribution is -2.50. The number of carbonyl (C=O) groups excluding carboxylic acids is 1. The van der Waals surface area contributed by atoms with E-state index in [1.54, 1.807) is 30.3 Å². The Hall–Kier alpha value is -3.21. The molecule has 1 aliphatic heterocycles. The minimum absolute atomic E-state index is 0.00360. The zero-order valence-electron chi connectivity index (χ0n) is 14.9. The maximum absolute atomic E-state index is 13.4. The lowest BCUT2D eigenvalue weighted by molar-refractivity contribution is -0.213. The Labute approximate surface area is 159 Å². The number of hydrogen-bond donors (Lipinski definition) is 1. The summed E-state index contributed by atoms with van der Waals surface area (Å²) >= 11 is 0. The average molecular weight is 390 g/mol. The summed E-state index contributed by atoms with van der Waals surface area (Å²) in [6.07, 6.45) is -6.95. The van der Waals surface area contributed by atoms with Gasteiger partial charge in [-0.2, -0.15) is 18.4 Å². The first kappa shape index (κ1) is 19.5. The van der Waals surface area contributed by atoms with Gasteiger partial charge in [-0.3, -0.25) is 4.79 Å². The van der Waals surface area contributed by atoms with Gasteiger partial charge in [0.05, 0.1) is 18.6 Å². The van der Waals surface area contributed by atoms with E-state index in [1.165, 1.54) is 19.2 Å². The van der Waals surface area contributed by atoms with Crippen molar-refractivity contribution in [1.29, 1.82) is 5.26 Å². The van der Waals surface area contributed by atoms with Crippen LogP contribution < -0.4 is 14.8 Å². The summed E-state index contributed by atoms with van der Waals surface area (Å²) in [4.78, 5) is 12.5. The number of fused-ring (bicyclic) bond motifs is 1. The first-order valence-electron chi connectivity index (χ1n) is 8.49. The SMILES string of the molecule is COc1cc(CNC(=O)[C@@H]2Cc3ccccc3O[C@H]2C(F)(F)F)ccc1C#N. The van der Waals surface area contributed by atoms with E-state index in [-0.39, 0.29) is 18.7 Å². The second-order valence-electron chi connectivity index (χ2n) is 6.36. The molecule has 5 nitrogen and oxygen atoms in total. The molecule has 0 radical (unpaired) electrons. The summed E-state index contributed by atoms with van der Waals surface area (Å²) in [5.41, 5.74) is 1.49. The zero-order valence-corrected chi connectivity index (χ0v) is 14.9. The van der Waals surface area contributed by atoms with Gasteiger partial charge in [0.2, 0.25) is 12.0 Å². The lowest BCUT2D eigenvalue weighted by atomic mass is 9.89. The number of para-hydroxylation sites is 1. The molecule has 0 unspecified atom stereocenters. The molecule has 3 rings (SSSR count). The molecule has 1 N–H and O–H groups in total. The van der Waals surface area contributed by atoms with Crippen molar-refractivity contribution in [3.05, 3.63) is 59.2 Å². The summed E-state index contributed by atoms with van der Waals surface area (Å²) in [7, 11) is 1.41. The predicted octanol–water partition coefficient (Wildman–Crippen LogP) is 3.37. The van der Waals surface area contributed by atoms with E-state index in [1.807, 2.05) is 6.07 Å². The van der Waals surface area contributed by atoms with Gasteiger partial charge in [-0.1, -0.05) is 24.3 Å². The lowest BCUT2D eigenvalue weighted by Gasteiger charge is -2.33. The molecule has 28 heavy (non-hydrogen) atoms. The van der Waals surface area contributed by atoms with Crippen molar-refractivity contribution in [1.82, 2.24) is 5.32 Å². The van der Waals surface area contributed by atoms with Crippen LogP contribution in [0.4, 0.5) is 13.2 Å². The molecule has 1 heterocycles. The van der Waals surface area contributed by atoms with E-state index in [4.69, 9.17) is 14.7 Å². The highest BCUT2D eigenvalue weighted by Gasteiger charge is 2.51. The molecule has 0 fully saturated rings. The van der Waals surface area contributed by atoms with Crippen molar-refractivity contribution >= 4 is 5.91 Å². The van der Waals surface area contributed by atoms with Gasteiger partial charge in [-0.25, -0.2) is 0 Å². The zero-order chi connectivity index (χ0) is 20.3. The second-order valence-corrected chi connectivity index (χ2v) is 6.36. The van der Waals surface area contributed by atoms with Crippen LogP contribution >= 0.6 is 0 Å². The largest absolute Gasteiger partial charge is 0.495 e. The number of amides is 1. The molecule has 0 aromatic heterocycles. The van der Waals surface area contributed by atoms with E-state index in [0.29, 0.717) is 22.4 Å². The summed E-state index contributed by atoms with van der Waals surface area (Å²) < 4.78 is 50.5. The van der Waals surface area contributed by atoms with Crippen molar-refractivity contribution in [2.45, 2.75) is 25.2 Å². The van der Waals surface area contributed by atoms with Crippen LogP contribution in [-0.2, 0) is 17.8 Å². The van der Waals surface area contributed by atoms with Crippen LogP contribution in [-0.4, -0.2) is 25.3 Å². The Morgan fingerprint density at radius 2 is 2.07 bits per heavy atom. The third-order valence-electron chi connectivity index (χ3n) is 4.54. The fourth-order valence-electron chi connectivity index (χ4n) is 3.13. The van der Waals surface area contributed by atoms with Gasteiger partial charge in [0, 0.05) is 6.54 Å². The number of ether oxygens (including phenoxy) is 2. The maximum Gasteiger partial charge on any atom is 0.426 e. The summed E-state index contributed by atoms with van der Waals surface area (Å²) in [6.45, 7) is 0.00360. The molecule has 1 amide bonds. The van der Waals surface area contributed by atoms with Crippen LogP contribution in [0.5, 0.6) is 11.5 Å². The van der Waals surface area contributed by atoms with Gasteiger partial charge in [0.25, 0.3) is 0 Å². The van der Waals surface area contributed by atoms with E-state index in [0.717, 1.165) is 0 Å². The smallest absolute Gasteiger partial charge is 0.426 e. The van der Waals surface area contributed by atoms with E-state index >= 15 is 0 Å². The van der Waals surface area contributed by atoms with Gasteiger partial charge in [-0.15, -0.1) is 0 Å². The Morgan fingerprint density at radius 3 is 2.75 bits per heavy atom. The van der Waals surface area contributed by atoms with Crippen molar-refractivity contribution < 1.29 is 27.4 Å². The van der Waals surface area contributed by atoms with Gasteiger partial charge < -0.3 is 14.8 Å². The quantitative estimate of drug-likeness (QED) is 0.869. The van der Waals surface area contributed by atoms with Gasteiger partial charge in [0.1, 0.15) is 17.6 Å². The van der Waals surface area contributed by atoms with E-state index in [9.17, 15) is 18.0 Å². The minimum Gasteiger partial charge on any atom is -0.495 e. The van der Waals surface area contributed by atoms with Crippen molar-refractivity contribution in [2.24, 2.45) is 5.92 Å². The Morgan fingerprint density at radius 1 is 1.32 bits per heavy atom. The molecule has 0 saturated heterocycles. The number of nitrogens with zero attached hydrogens (tertiary/aromatic N) is 1. The number of alkyl halides is 3. The average Bonchev–Trinajstić information content (AvgIpc) is 2.70. The highest BCUT2D eigenvalue weighted by Crippen LogP contribution is 2.38. The molecule has 0 spiro atoms. The van der Waals surface area contributed by atoms with Crippen LogP contribution in [0.3, 0.4) is 0 Å². The monoisotopic (exact) mass is 390 g/mol. The molecule has 0 bridgehead atoms. The van der Waals surface area contributed by atoms with Crippen LogP contribution in [0.25, 0.3) is 0 Å². The summed E-state index contributed by atoms with van der Waals surface area (Å²) in [6, 6.07) is 13.1. The molecule has 2 aromatic carbocycles. The normalized spacial score (nSPS) is 18.4. The molecule has 0 saturated carbocycles. The number of hydrogen-bond acceptors (Lipinski definition) is 4. The highest BCUT2D eigenvalue weighted by molar-refractivity contribution is 5.80.